The van der Waals surface area contributed by atoms with Gasteiger partial charge in [-0.15, -0.1) is 0 Å². The fourth-order valence-corrected chi connectivity index (χ4v) is 1.55. The summed E-state index contributed by atoms with van der Waals surface area (Å²) in [5, 5.41) is 9.37. The summed E-state index contributed by atoms with van der Waals surface area (Å²) in [6.45, 7) is 1.69. The van der Waals surface area contributed by atoms with Crippen molar-refractivity contribution in [2.45, 2.75) is 13.0 Å². The quantitative estimate of drug-likeness (QED) is 0.665. The molecule has 2 aromatic carbocycles. The lowest BCUT2D eigenvalue weighted by Gasteiger charge is -2.07. The van der Waals surface area contributed by atoms with E-state index in [4.69, 9.17) is 4.74 Å². The van der Waals surface area contributed by atoms with Crippen molar-refractivity contribution in [3.63, 3.8) is 0 Å². The van der Waals surface area contributed by atoms with Gasteiger partial charge in [0.15, 0.2) is 0 Å². The van der Waals surface area contributed by atoms with E-state index in [2.05, 4.69) is 0 Å². The maximum atomic E-state index is 11.8. The van der Waals surface area contributed by atoms with Crippen LogP contribution in [0, 0.1) is 0 Å². The molecule has 3 heteroatoms. The van der Waals surface area contributed by atoms with Crippen molar-refractivity contribution >= 4 is 5.97 Å². The number of rotatable bonds is 3. The summed E-state index contributed by atoms with van der Waals surface area (Å²) in [7, 11) is 0. The molecule has 3 nitrogen and oxygen atoms in total. The van der Waals surface area contributed by atoms with Crippen LogP contribution >= 0.6 is 0 Å². The van der Waals surface area contributed by atoms with Crippen LogP contribution in [0.5, 0.6) is 5.75 Å². The summed E-state index contributed by atoms with van der Waals surface area (Å²) in [5.41, 5.74) is 1.30. The summed E-state index contributed by atoms with van der Waals surface area (Å²) >= 11 is 0. The molecule has 2 rings (SSSR count). The van der Waals surface area contributed by atoms with Crippen molar-refractivity contribution in [3.05, 3.63) is 65.7 Å². The van der Waals surface area contributed by atoms with Gasteiger partial charge >= 0.3 is 5.97 Å². The molecule has 92 valence electrons. The zero-order chi connectivity index (χ0) is 13.0. The summed E-state index contributed by atoms with van der Waals surface area (Å²) in [6.07, 6.45) is -0.524. The third-order valence-electron chi connectivity index (χ3n) is 2.58. The van der Waals surface area contributed by atoms with Crippen LogP contribution in [-0.2, 0) is 0 Å². The monoisotopic (exact) mass is 242 g/mol. The molecule has 0 spiro atoms. The minimum Gasteiger partial charge on any atom is -0.423 e. The van der Waals surface area contributed by atoms with Gasteiger partial charge in [-0.2, -0.15) is 0 Å². The van der Waals surface area contributed by atoms with E-state index in [1.165, 1.54) is 0 Å². The molecule has 1 atom stereocenters. The number of hydrogen-bond donors (Lipinski definition) is 1. The number of esters is 1. The van der Waals surface area contributed by atoms with Gasteiger partial charge in [0.1, 0.15) is 5.75 Å². The Morgan fingerprint density at radius 3 is 2.22 bits per heavy atom. The number of carbonyl (C=O) groups is 1. The zero-order valence-corrected chi connectivity index (χ0v) is 10.0. The molecule has 0 aliphatic carbocycles. The third-order valence-corrected chi connectivity index (χ3v) is 2.58. The van der Waals surface area contributed by atoms with Gasteiger partial charge in [-0.1, -0.05) is 30.3 Å². The Morgan fingerprint density at radius 2 is 1.67 bits per heavy atom. The number of carbonyl (C=O) groups excluding carboxylic acids is 1. The second kappa shape index (κ2) is 5.47. The molecule has 2 aromatic rings. The van der Waals surface area contributed by atoms with E-state index in [-0.39, 0.29) is 5.97 Å². The van der Waals surface area contributed by atoms with Gasteiger partial charge in [0.05, 0.1) is 11.7 Å². The van der Waals surface area contributed by atoms with Crippen molar-refractivity contribution in [2.24, 2.45) is 0 Å². The van der Waals surface area contributed by atoms with Crippen molar-refractivity contribution in [1.29, 1.82) is 0 Å². The molecule has 0 unspecified atom stereocenters. The van der Waals surface area contributed by atoms with E-state index < -0.39 is 6.10 Å². The maximum absolute atomic E-state index is 11.8. The first-order valence-corrected chi connectivity index (χ1v) is 5.72. The molecule has 0 heterocycles. The van der Waals surface area contributed by atoms with Gasteiger partial charge in [-0.25, -0.2) is 4.79 Å². The predicted octanol–water partition coefficient (Wildman–Crippen LogP) is 2.96. The highest BCUT2D eigenvalue weighted by atomic mass is 16.5. The molecule has 0 radical (unpaired) electrons. The van der Waals surface area contributed by atoms with Crippen molar-refractivity contribution < 1.29 is 14.6 Å². The first-order chi connectivity index (χ1) is 8.66. The molecular formula is C15H14O3. The van der Waals surface area contributed by atoms with Crippen LogP contribution in [0.4, 0.5) is 0 Å². The van der Waals surface area contributed by atoms with Crippen LogP contribution in [0.3, 0.4) is 0 Å². The normalized spacial score (nSPS) is 11.9. The van der Waals surface area contributed by atoms with Gasteiger partial charge in [0, 0.05) is 0 Å². The van der Waals surface area contributed by atoms with Gasteiger partial charge < -0.3 is 9.84 Å². The summed E-state index contributed by atoms with van der Waals surface area (Å²) < 4.78 is 5.21. The molecule has 0 aliphatic heterocycles. The van der Waals surface area contributed by atoms with Gasteiger partial charge in [-0.3, -0.25) is 0 Å². The largest absolute Gasteiger partial charge is 0.423 e. The van der Waals surface area contributed by atoms with Crippen LogP contribution in [0.2, 0.25) is 0 Å². The molecule has 0 saturated carbocycles. The standard InChI is InChI=1S/C15H14O3/c1-11(16)12-7-9-14(10-8-12)18-15(17)13-5-3-2-4-6-13/h2-11,16H,1H3/t11-/m0/s1. The molecular weight excluding hydrogens is 228 g/mol. The summed E-state index contributed by atoms with van der Waals surface area (Å²) in [4.78, 5) is 11.8. The number of ether oxygens (including phenoxy) is 1. The van der Waals surface area contributed by atoms with Gasteiger partial charge in [-0.05, 0) is 36.8 Å². The lowest BCUT2D eigenvalue weighted by molar-refractivity contribution is 0.0734. The average molecular weight is 242 g/mol. The second-order valence-corrected chi connectivity index (χ2v) is 4.00. The van der Waals surface area contributed by atoms with E-state index in [1.807, 2.05) is 6.07 Å². The van der Waals surface area contributed by atoms with Crippen molar-refractivity contribution in [1.82, 2.24) is 0 Å². The SMILES string of the molecule is C[C@H](O)c1ccc(OC(=O)c2ccccc2)cc1. The molecule has 0 fully saturated rings. The Labute approximate surface area is 106 Å². The third kappa shape index (κ3) is 2.96. The van der Waals surface area contributed by atoms with E-state index in [1.54, 1.807) is 55.5 Å². The fraction of sp³-hybridized carbons (Fsp3) is 0.133. The lowest BCUT2D eigenvalue weighted by atomic mass is 10.1. The maximum Gasteiger partial charge on any atom is 0.343 e. The lowest BCUT2D eigenvalue weighted by Crippen LogP contribution is -2.08. The molecule has 0 aromatic heterocycles. The molecule has 0 aliphatic rings. The zero-order valence-electron chi connectivity index (χ0n) is 10.0. The second-order valence-electron chi connectivity index (χ2n) is 4.00. The highest BCUT2D eigenvalue weighted by Crippen LogP contribution is 2.18. The first-order valence-electron chi connectivity index (χ1n) is 5.72. The minimum absolute atomic E-state index is 0.389. The number of benzene rings is 2. The van der Waals surface area contributed by atoms with Crippen molar-refractivity contribution in [3.8, 4) is 5.75 Å². The van der Waals surface area contributed by atoms with Gasteiger partial charge in [0.2, 0.25) is 0 Å². The summed E-state index contributed by atoms with van der Waals surface area (Å²) in [6, 6.07) is 15.6. The molecule has 0 bridgehead atoms. The van der Waals surface area contributed by atoms with Crippen molar-refractivity contribution in [2.75, 3.05) is 0 Å². The number of aliphatic hydroxyl groups is 1. The molecule has 0 saturated heterocycles. The van der Waals surface area contributed by atoms with Crippen LogP contribution in [0.25, 0.3) is 0 Å². The van der Waals surface area contributed by atoms with E-state index in [0.717, 1.165) is 5.56 Å². The number of aliphatic hydroxyl groups excluding tert-OH is 1. The van der Waals surface area contributed by atoms with E-state index in [9.17, 15) is 9.90 Å². The first kappa shape index (κ1) is 12.3. The summed E-state index contributed by atoms with van der Waals surface area (Å²) in [5.74, 6) is 0.0775. The highest BCUT2D eigenvalue weighted by Gasteiger charge is 2.08. The molecule has 18 heavy (non-hydrogen) atoms. The Kier molecular flexibility index (Phi) is 3.75. The fourth-order valence-electron chi connectivity index (χ4n) is 1.55. The Bertz CT molecular complexity index is 515. The Hall–Kier alpha value is -2.13. The van der Waals surface area contributed by atoms with Crippen LogP contribution in [0.15, 0.2) is 54.6 Å². The van der Waals surface area contributed by atoms with E-state index in [0.29, 0.717) is 11.3 Å². The average Bonchev–Trinajstić information content (AvgIpc) is 2.40. The topological polar surface area (TPSA) is 46.5 Å². The smallest absolute Gasteiger partial charge is 0.343 e. The van der Waals surface area contributed by atoms with Crippen LogP contribution < -0.4 is 4.74 Å². The number of hydrogen-bond acceptors (Lipinski definition) is 3. The predicted molar refractivity (Wildman–Crippen MR) is 68.5 cm³/mol. The molecule has 0 amide bonds. The van der Waals surface area contributed by atoms with Crippen LogP contribution in [-0.4, -0.2) is 11.1 Å². The van der Waals surface area contributed by atoms with Gasteiger partial charge in [0.25, 0.3) is 0 Å². The van der Waals surface area contributed by atoms with E-state index >= 15 is 0 Å². The Balaban J connectivity index is 2.08. The Morgan fingerprint density at radius 1 is 1.06 bits per heavy atom. The minimum atomic E-state index is -0.524. The van der Waals surface area contributed by atoms with Crippen LogP contribution in [0.1, 0.15) is 28.9 Å². The highest BCUT2D eigenvalue weighted by molar-refractivity contribution is 5.90. The molecule has 1 N–H and O–H groups in total.